The molecular weight excluding hydrogens is 591 g/mol. The second-order valence-electron chi connectivity index (χ2n) is 11.6. The highest BCUT2D eigenvalue weighted by Gasteiger charge is 2.32. The molecule has 0 radical (unpaired) electrons. The first-order valence-electron chi connectivity index (χ1n) is 14.6. The van der Waals surface area contributed by atoms with Gasteiger partial charge < -0.3 is 9.47 Å². The van der Waals surface area contributed by atoms with Crippen LogP contribution in [0.1, 0.15) is 65.2 Å². The molecule has 2 fully saturated rings. The number of ether oxygens (including phenoxy) is 2. The van der Waals surface area contributed by atoms with Gasteiger partial charge in [0.15, 0.2) is 21.5 Å². The minimum absolute atomic E-state index is 0.00595. The number of carbonyl (C=O) groups is 4. The van der Waals surface area contributed by atoms with Gasteiger partial charge in [0.05, 0.1) is 22.1 Å². The standard InChI is InChI=1S/C32H31FN2O6S2/c1-16(36)18-3-7-20(8-4-18)31(38)40-24-13-14-25(41-32(39)21-9-5-19(6-10-21)17(2)37)28-27(24)35-30(43-28)29-34-23-12-11-22(33)15-26(23)42-29/h11-15,18-21H,3-10H2,1-2H3. The van der Waals surface area contributed by atoms with Crippen LogP contribution in [0.15, 0.2) is 30.3 Å². The molecule has 0 aliphatic heterocycles. The number of ketones is 2. The average Bonchev–Trinajstić information content (AvgIpc) is 3.63. The molecule has 2 aromatic heterocycles. The van der Waals surface area contributed by atoms with Gasteiger partial charge in [-0.25, -0.2) is 14.4 Å². The first-order chi connectivity index (χ1) is 20.7. The summed E-state index contributed by atoms with van der Waals surface area (Å²) in [5.74, 6) is -0.856. The number of fused-ring (bicyclic) bond motifs is 2. The predicted octanol–water partition coefficient (Wildman–Crippen LogP) is 7.31. The number of aromatic nitrogens is 2. The number of Topliss-reactive ketones (excluding diaryl/α,β-unsaturated/α-hetero) is 2. The Bertz CT molecular complexity index is 1650. The Morgan fingerprint density at radius 1 is 0.698 bits per heavy atom. The molecule has 0 bridgehead atoms. The van der Waals surface area contributed by atoms with Crippen molar-refractivity contribution in [1.29, 1.82) is 0 Å². The number of rotatable bonds is 7. The number of thiazole rings is 2. The largest absolute Gasteiger partial charge is 0.425 e. The Morgan fingerprint density at radius 3 is 1.79 bits per heavy atom. The third-order valence-electron chi connectivity index (χ3n) is 8.70. The average molecular weight is 623 g/mol. The van der Waals surface area contributed by atoms with Crippen LogP contribution in [-0.2, 0) is 19.2 Å². The fourth-order valence-corrected chi connectivity index (χ4v) is 8.10. The summed E-state index contributed by atoms with van der Waals surface area (Å²) in [5, 5.41) is 1.10. The first kappa shape index (κ1) is 29.5. The van der Waals surface area contributed by atoms with Crippen LogP contribution in [0.2, 0.25) is 0 Å². The second-order valence-corrected chi connectivity index (χ2v) is 13.6. The number of carbonyl (C=O) groups excluding carboxylic acids is 4. The normalized spacial score (nSPS) is 22.4. The Labute approximate surface area is 255 Å². The van der Waals surface area contributed by atoms with Crippen molar-refractivity contribution in [1.82, 2.24) is 9.97 Å². The van der Waals surface area contributed by atoms with Crippen LogP contribution in [0.3, 0.4) is 0 Å². The van der Waals surface area contributed by atoms with Crippen molar-refractivity contribution in [3.8, 4) is 21.5 Å². The van der Waals surface area contributed by atoms with E-state index in [9.17, 15) is 23.6 Å². The van der Waals surface area contributed by atoms with Crippen LogP contribution < -0.4 is 9.47 Å². The lowest BCUT2D eigenvalue weighted by molar-refractivity contribution is -0.141. The van der Waals surface area contributed by atoms with Gasteiger partial charge in [0.2, 0.25) is 0 Å². The van der Waals surface area contributed by atoms with Gasteiger partial charge in [-0.1, -0.05) is 0 Å². The van der Waals surface area contributed by atoms with E-state index in [-0.39, 0.29) is 58.7 Å². The van der Waals surface area contributed by atoms with Crippen molar-refractivity contribution < 1.29 is 33.0 Å². The smallest absolute Gasteiger partial charge is 0.314 e. The van der Waals surface area contributed by atoms with Crippen molar-refractivity contribution in [2.45, 2.75) is 65.2 Å². The maximum absolute atomic E-state index is 13.8. The van der Waals surface area contributed by atoms with Gasteiger partial charge in [0.25, 0.3) is 0 Å². The minimum Gasteiger partial charge on any atom is -0.425 e. The zero-order valence-corrected chi connectivity index (χ0v) is 25.5. The molecule has 0 saturated heterocycles. The highest BCUT2D eigenvalue weighted by atomic mass is 32.1. The molecule has 0 unspecified atom stereocenters. The molecule has 43 heavy (non-hydrogen) atoms. The third kappa shape index (κ3) is 6.24. The van der Waals surface area contributed by atoms with E-state index in [1.165, 1.54) is 34.8 Å². The Morgan fingerprint density at radius 2 is 1.21 bits per heavy atom. The van der Waals surface area contributed by atoms with Gasteiger partial charge in [0.1, 0.15) is 27.6 Å². The van der Waals surface area contributed by atoms with Gasteiger partial charge >= 0.3 is 11.9 Å². The van der Waals surface area contributed by atoms with Gasteiger partial charge in [0, 0.05) is 11.8 Å². The van der Waals surface area contributed by atoms with Gasteiger partial charge in [-0.2, -0.15) is 0 Å². The summed E-state index contributed by atoms with van der Waals surface area (Å²) in [6.45, 7) is 3.18. The Balaban J connectivity index is 1.29. The number of halogens is 1. The van der Waals surface area contributed by atoms with Crippen molar-refractivity contribution in [3.05, 3.63) is 36.1 Å². The fraction of sp³-hybridized carbons (Fsp3) is 0.438. The van der Waals surface area contributed by atoms with Gasteiger partial charge in [-0.15, -0.1) is 22.7 Å². The van der Waals surface area contributed by atoms with Crippen LogP contribution in [0.25, 0.3) is 30.4 Å². The number of benzene rings is 2. The van der Waals surface area contributed by atoms with Crippen LogP contribution in [0.4, 0.5) is 4.39 Å². The predicted molar refractivity (Wildman–Crippen MR) is 162 cm³/mol. The van der Waals surface area contributed by atoms with Crippen molar-refractivity contribution in [2.75, 3.05) is 0 Å². The molecule has 11 heteroatoms. The van der Waals surface area contributed by atoms with E-state index in [1.54, 1.807) is 32.0 Å². The number of esters is 2. The molecule has 0 N–H and O–H groups in total. The van der Waals surface area contributed by atoms with Gasteiger partial charge in [-0.3, -0.25) is 19.2 Å². The first-order valence-corrected chi connectivity index (χ1v) is 16.2. The fourth-order valence-electron chi connectivity index (χ4n) is 6.06. The van der Waals surface area contributed by atoms with E-state index in [0.717, 1.165) is 0 Å². The Kier molecular flexibility index (Phi) is 8.37. The molecule has 2 aliphatic carbocycles. The molecule has 2 aromatic carbocycles. The number of hydrogen-bond acceptors (Lipinski definition) is 10. The lowest BCUT2D eigenvalue weighted by atomic mass is 9.80. The number of nitrogens with zero attached hydrogens (tertiary/aromatic N) is 2. The molecule has 224 valence electrons. The summed E-state index contributed by atoms with van der Waals surface area (Å²) in [4.78, 5) is 59.3. The van der Waals surface area contributed by atoms with E-state index in [2.05, 4.69) is 4.98 Å². The summed E-state index contributed by atoms with van der Waals surface area (Å²) in [7, 11) is 0. The molecule has 4 aromatic rings. The molecule has 6 rings (SSSR count). The molecule has 8 nitrogen and oxygen atoms in total. The maximum Gasteiger partial charge on any atom is 0.314 e. The summed E-state index contributed by atoms with van der Waals surface area (Å²) >= 11 is 2.56. The minimum atomic E-state index is -0.375. The van der Waals surface area contributed by atoms with E-state index >= 15 is 0 Å². The van der Waals surface area contributed by atoms with Gasteiger partial charge in [-0.05, 0) is 95.5 Å². The molecule has 2 aliphatic rings. The van der Waals surface area contributed by atoms with E-state index < -0.39 is 0 Å². The summed E-state index contributed by atoms with van der Waals surface area (Å²) in [5.41, 5.74) is 1.02. The van der Waals surface area contributed by atoms with Crippen LogP contribution in [-0.4, -0.2) is 33.5 Å². The summed E-state index contributed by atoms with van der Waals surface area (Å²) in [6.07, 6.45) is 4.98. The SMILES string of the molecule is CC(=O)C1CCC(C(=O)Oc2ccc(OC(=O)C3CCC(C(C)=O)CC3)c3sc(-c4nc5ccc(F)cc5s4)nc23)CC1. The van der Waals surface area contributed by atoms with E-state index in [4.69, 9.17) is 14.5 Å². The van der Waals surface area contributed by atoms with Crippen LogP contribution in [0, 0.1) is 29.5 Å². The highest BCUT2D eigenvalue weighted by Crippen LogP contribution is 2.43. The molecule has 0 spiro atoms. The number of hydrogen-bond donors (Lipinski definition) is 0. The molecule has 0 atom stereocenters. The third-order valence-corrected chi connectivity index (χ3v) is 10.9. The topological polar surface area (TPSA) is 113 Å². The zero-order chi connectivity index (χ0) is 30.2. The lowest BCUT2D eigenvalue weighted by Gasteiger charge is -2.25. The Hall–Kier alpha value is -3.57. The zero-order valence-electron chi connectivity index (χ0n) is 23.9. The summed E-state index contributed by atoms with van der Waals surface area (Å²) < 4.78 is 26.8. The second kappa shape index (κ2) is 12.2. The lowest BCUT2D eigenvalue weighted by Crippen LogP contribution is -2.28. The van der Waals surface area contributed by atoms with Crippen LogP contribution in [0.5, 0.6) is 11.5 Å². The molecule has 0 amide bonds. The van der Waals surface area contributed by atoms with Crippen LogP contribution >= 0.6 is 22.7 Å². The van der Waals surface area contributed by atoms with E-state index in [1.807, 2.05) is 0 Å². The van der Waals surface area contributed by atoms with Crippen molar-refractivity contribution in [2.24, 2.45) is 23.7 Å². The molecule has 2 saturated carbocycles. The summed E-state index contributed by atoms with van der Waals surface area (Å²) in [6, 6.07) is 7.60. The van der Waals surface area contributed by atoms with Crippen molar-refractivity contribution in [3.63, 3.8) is 0 Å². The highest BCUT2D eigenvalue weighted by molar-refractivity contribution is 7.28. The quantitative estimate of drug-likeness (QED) is 0.156. The monoisotopic (exact) mass is 622 g/mol. The van der Waals surface area contributed by atoms with Crippen molar-refractivity contribution >= 4 is 66.6 Å². The molecule has 2 heterocycles. The van der Waals surface area contributed by atoms with E-state index in [0.29, 0.717) is 87.6 Å². The maximum atomic E-state index is 13.8. The molecular formula is C32H31FN2O6S2.